The van der Waals surface area contributed by atoms with Gasteiger partial charge in [-0.1, -0.05) is 47.5 Å². The molecule has 0 N–H and O–H groups in total. The Kier molecular flexibility index (Phi) is 6.34. The molecule has 170 valence electrons. The predicted molar refractivity (Wildman–Crippen MR) is 123 cm³/mol. The summed E-state index contributed by atoms with van der Waals surface area (Å²) in [5.74, 6) is -1.79. The summed E-state index contributed by atoms with van der Waals surface area (Å²) < 4.78 is 41.6. The molecule has 1 atom stereocenters. The molecule has 3 aromatic rings. The highest BCUT2D eigenvalue weighted by atomic mass is 35.5. The van der Waals surface area contributed by atoms with Gasteiger partial charge in [0.1, 0.15) is 11.9 Å². The largest absolute Gasteiger partial charge is 0.274 e. The van der Waals surface area contributed by atoms with Crippen LogP contribution in [0.1, 0.15) is 17.5 Å². The number of carbonyl (C=O) groups excluding carboxylic acids is 2. The van der Waals surface area contributed by atoms with E-state index in [0.29, 0.717) is 10.6 Å². The molecule has 1 saturated heterocycles. The van der Waals surface area contributed by atoms with Gasteiger partial charge in [0, 0.05) is 11.6 Å². The van der Waals surface area contributed by atoms with Gasteiger partial charge in [-0.2, -0.15) is 4.31 Å². The minimum Gasteiger partial charge on any atom is -0.274 e. The number of anilines is 1. The fraction of sp³-hybridized carbons (Fsp3) is 0.167. The Morgan fingerprint density at radius 1 is 1.00 bits per heavy atom. The smallest absolute Gasteiger partial charge is 0.252 e. The molecule has 1 aliphatic heterocycles. The van der Waals surface area contributed by atoms with Gasteiger partial charge in [0.05, 0.1) is 17.0 Å². The third-order valence-electron chi connectivity index (χ3n) is 5.47. The van der Waals surface area contributed by atoms with E-state index in [1.165, 1.54) is 24.3 Å². The second-order valence-corrected chi connectivity index (χ2v) is 10.0. The van der Waals surface area contributed by atoms with E-state index in [1.807, 2.05) is 6.92 Å². The molecule has 1 fully saturated rings. The average Bonchev–Trinajstić information content (AvgIpc) is 3.07. The van der Waals surface area contributed by atoms with Crippen molar-refractivity contribution in [3.8, 4) is 0 Å². The van der Waals surface area contributed by atoms with Crippen LogP contribution in [0.5, 0.6) is 0 Å². The third kappa shape index (κ3) is 4.55. The number of imide groups is 1. The standard InChI is InChI=1S/C24H20ClFN2O4S/c1-16-6-12-20(13-7-16)33(31,32)27(15-17-4-2-3-5-21(17)25)22-14-23(29)28(24(22)30)19-10-8-18(26)9-11-19/h2-13,22H,14-15H2,1H3. The summed E-state index contributed by atoms with van der Waals surface area (Å²) >= 11 is 6.28. The molecule has 0 spiro atoms. The Labute approximate surface area is 196 Å². The number of aryl methyl sites for hydroxylation is 1. The second kappa shape index (κ2) is 9.05. The number of amides is 2. The van der Waals surface area contributed by atoms with Gasteiger partial charge in [0.15, 0.2) is 0 Å². The molecule has 0 aliphatic carbocycles. The van der Waals surface area contributed by atoms with Crippen molar-refractivity contribution in [1.29, 1.82) is 0 Å². The van der Waals surface area contributed by atoms with Crippen molar-refractivity contribution >= 4 is 39.1 Å². The normalized spacial score (nSPS) is 16.6. The minimum absolute atomic E-state index is 0.000588. The highest BCUT2D eigenvalue weighted by Gasteiger charge is 2.47. The van der Waals surface area contributed by atoms with Crippen molar-refractivity contribution in [2.45, 2.75) is 30.8 Å². The Bertz CT molecular complexity index is 1310. The maximum atomic E-state index is 13.6. The summed E-state index contributed by atoms with van der Waals surface area (Å²) in [6.07, 6.45) is -0.342. The number of nitrogens with zero attached hydrogens (tertiary/aromatic N) is 2. The van der Waals surface area contributed by atoms with Crippen LogP contribution in [-0.2, 0) is 26.2 Å². The van der Waals surface area contributed by atoms with E-state index in [1.54, 1.807) is 36.4 Å². The molecule has 1 heterocycles. The lowest BCUT2D eigenvalue weighted by Crippen LogP contribution is -2.45. The molecular weight excluding hydrogens is 467 g/mol. The van der Waals surface area contributed by atoms with Crippen LogP contribution in [-0.4, -0.2) is 30.6 Å². The summed E-state index contributed by atoms with van der Waals surface area (Å²) in [4.78, 5) is 27.0. The zero-order chi connectivity index (χ0) is 23.8. The van der Waals surface area contributed by atoms with Crippen LogP contribution >= 0.6 is 11.6 Å². The highest BCUT2D eigenvalue weighted by molar-refractivity contribution is 7.89. The van der Waals surface area contributed by atoms with Crippen molar-refractivity contribution < 1.29 is 22.4 Å². The number of sulfonamides is 1. The third-order valence-corrected chi connectivity index (χ3v) is 7.70. The Morgan fingerprint density at radius 2 is 1.64 bits per heavy atom. The Hall–Kier alpha value is -3.07. The maximum absolute atomic E-state index is 13.6. The fourth-order valence-electron chi connectivity index (χ4n) is 3.71. The van der Waals surface area contributed by atoms with E-state index < -0.39 is 33.7 Å². The number of hydrogen-bond acceptors (Lipinski definition) is 4. The number of carbonyl (C=O) groups is 2. The molecule has 1 unspecified atom stereocenters. The van der Waals surface area contributed by atoms with Crippen LogP contribution in [0.4, 0.5) is 10.1 Å². The molecule has 9 heteroatoms. The van der Waals surface area contributed by atoms with Crippen molar-refractivity contribution in [2.75, 3.05) is 4.90 Å². The summed E-state index contributed by atoms with van der Waals surface area (Å²) in [5.41, 5.74) is 1.55. The molecule has 2 amide bonds. The van der Waals surface area contributed by atoms with Gasteiger partial charge in [0.2, 0.25) is 15.9 Å². The quantitative estimate of drug-likeness (QED) is 0.486. The van der Waals surface area contributed by atoms with Crippen molar-refractivity contribution in [3.63, 3.8) is 0 Å². The Balaban J connectivity index is 1.77. The van der Waals surface area contributed by atoms with Crippen LogP contribution in [0.3, 0.4) is 0 Å². The average molecular weight is 487 g/mol. The van der Waals surface area contributed by atoms with E-state index in [-0.39, 0.29) is 23.5 Å². The molecule has 33 heavy (non-hydrogen) atoms. The molecule has 0 radical (unpaired) electrons. The summed E-state index contributed by atoms with van der Waals surface area (Å²) in [6, 6.07) is 16.6. The second-order valence-electron chi connectivity index (χ2n) is 7.72. The molecule has 6 nitrogen and oxygen atoms in total. The highest BCUT2D eigenvalue weighted by Crippen LogP contribution is 2.32. The zero-order valence-electron chi connectivity index (χ0n) is 17.6. The monoisotopic (exact) mass is 486 g/mol. The summed E-state index contributed by atoms with van der Waals surface area (Å²) in [7, 11) is -4.17. The lowest BCUT2D eigenvalue weighted by atomic mass is 10.2. The fourth-order valence-corrected chi connectivity index (χ4v) is 5.46. The van der Waals surface area contributed by atoms with E-state index >= 15 is 0 Å². The molecule has 0 saturated carbocycles. The first-order chi connectivity index (χ1) is 15.7. The first-order valence-electron chi connectivity index (χ1n) is 10.1. The number of hydrogen-bond donors (Lipinski definition) is 0. The van der Waals surface area contributed by atoms with Crippen molar-refractivity contribution in [3.05, 3.63) is 94.8 Å². The van der Waals surface area contributed by atoms with Crippen LogP contribution in [0, 0.1) is 12.7 Å². The van der Waals surface area contributed by atoms with Crippen LogP contribution < -0.4 is 4.90 Å². The van der Waals surface area contributed by atoms with E-state index in [4.69, 9.17) is 11.6 Å². The SMILES string of the molecule is Cc1ccc(S(=O)(=O)N(Cc2ccccc2Cl)C2CC(=O)N(c3ccc(F)cc3)C2=O)cc1. The lowest BCUT2D eigenvalue weighted by molar-refractivity contribution is -0.122. The van der Waals surface area contributed by atoms with E-state index in [9.17, 15) is 22.4 Å². The molecule has 1 aliphatic rings. The van der Waals surface area contributed by atoms with E-state index in [2.05, 4.69) is 0 Å². The first kappa shape index (κ1) is 23.1. The van der Waals surface area contributed by atoms with Gasteiger partial charge in [-0.3, -0.25) is 9.59 Å². The van der Waals surface area contributed by atoms with Gasteiger partial charge in [-0.15, -0.1) is 0 Å². The number of halogens is 2. The van der Waals surface area contributed by atoms with E-state index in [0.717, 1.165) is 26.9 Å². The van der Waals surface area contributed by atoms with Gasteiger partial charge in [-0.25, -0.2) is 17.7 Å². The molecule has 4 rings (SSSR count). The lowest BCUT2D eigenvalue weighted by Gasteiger charge is -2.27. The van der Waals surface area contributed by atoms with Crippen molar-refractivity contribution in [2.24, 2.45) is 0 Å². The van der Waals surface area contributed by atoms with Crippen LogP contribution in [0.2, 0.25) is 5.02 Å². The van der Waals surface area contributed by atoms with Gasteiger partial charge in [0.25, 0.3) is 5.91 Å². The molecular formula is C24H20ClFN2O4S. The number of benzene rings is 3. The number of rotatable bonds is 6. The Morgan fingerprint density at radius 3 is 2.27 bits per heavy atom. The van der Waals surface area contributed by atoms with Crippen LogP contribution in [0.25, 0.3) is 0 Å². The zero-order valence-corrected chi connectivity index (χ0v) is 19.2. The van der Waals surface area contributed by atoms with Gasteiger partial charge >= 0.3 is 0 Å². The molecule has 0 bridgehead atoms. The van der Waals surface area contributed by atoms with Crippen molar-refractivity contribution in [1.82, 2.24) is 4.31 Å². The van der Waals surface area contributed by atoms with Gasteiger partial charge in [-0.05, 0) is 55.0 Å². The summed E-state index contributed by atoms with van der Waals surface area (Å²) in [6.45, 7) is 1.63. The maximum Gasteiger partial charge on any atom is 0.252 e. The minimum atomic E-state index is -4.17. The molecule has 3 aromatic carbocycles. The summed E-state index contributed by atoms with van der Waals surface area (Å²) in [5, 5.41) is 0.341. The molecule has 0 aromatic heterocycles. The van der Waals surface area contributed by atoms with Crippen LogP contribution in [0.15, 0.2) is 77.7 Å². The predicted octanol–water partition coefficient (Wildman–Crippen LogP) is 4.31. The topological polar surface area (TPSA) is 74.8 Å². The first-order valence-corrected chi connectivity index (χ1v) is 11.9. The van der Waals surface area contributed by atoms with Gasteiger partial charge < -0.3 is 0 Å².